The van der Waals surface area contributed by atoms with Gasteiger partial charge in [-0.1, -0.05) is 72.1 Å². The molecule has 3 nitrogen and oxygen atoms in total. The SMILES string of the molecule is CN(C)c1ccc([C@@]23C(=NC(C)(C)C)S[C@@]4(Sc5ccccc5)C[C@@H]2Cc2ccccc2N43)cc1. The van der Waals surface area contributed by atoms with Crippen molar-refractivity contribution < 1.29 is 0 Å². The molecular formula is C30H33N3S2. The molecule has 2 fully saturated rings. The van der Waals surface area contributed by atoms with Gasteiger partial charge in [-0.05, 0) is 75.1 Å². The summed E-state index contributed by atoms with van der Waals surface area (Å²) >= 11 is 4.01. The van der Waals surface area contributed by atoms with Crippen molar-refractivity contribution in [1.29, 1.82) is 0 Å². The summed E-state index contributed by atoms with van der Waals surface area (Å²) in [6.07, 6.45) is 2.22. The van der Waals surface area contributed by atoms with E-state index in [4.69, 9.17) is 4.99 Å². The quantitative estimate of drug-likeness (QED) is 0.372. The second-order valence-corrected chi connectivity index (χ2v) is 14.0. The minimum Gasteiger partial charge on any atom is -0.378 e. The van der Waals surface area contributed by atoms with Crippen LogP contribution in [0.4, 0.5) is 11.4 Å². The first-order valence-corrected chi connectivity index (χ1v) is 14.1. The van der Waals surface area contributed by atoms with Gasteiger partial charge < -0.3 is 9.80 Å². The fourth-order valence-electron chi connectivity index (χ4n) is 6.04. The van der Waals surface area contributed by atoms with Crippen LogP contribution in [0.2, 0.25) is 0 Å². The molecular weight excluding hydrogens is 466 g/mol. The number of anilines is 2. The lowest BCUT2D eigenvalue weighted by Crippen LogP contribution is -2.52. The molecule has 5 heteroatoms. The van der Waals surface area contributed by atoms with Gasteiger partial charge in [-0.3, -0.25) is 4.99 Å². The Balaban J connectivity index is 1.61. The molecule has 3 heterocycles. The second-order valence-electron chi connectivity index (χ2n) is 11.1. The first-order chi connectivity index (χ1) is 16.7. The van der Waals surface area contributed by atoms with E-state index < -0.39 is 0 Å². The molecule has 35 heavy (non-hydrogen) atoms. The Morgan fingerprint density at radius 1 is 0.943 bits per heavy atom. The molecule has 2 saturated heterocycles. The predicted octanol–water partition coefficient (Wildman–Crippen LogP) is 7.42. The Bertz CT molecular complexity index is 1280. The lowest BCUT2D eigenvalue weighted by molar-refractivity contribution is 0.396. The van der Waals surface area contributed by atoms with Crippen molar-refractivity contribution in [2.24, 2.45) is 10.9 Å². The number of para-hydroxylation sites is 1. The van der Waals surface area contributed by atoms with Crippen molar-refractivity contribution in [3.05, 3.63) is 90.0 Å². The van der Waals surface area contributed by atoms with Gasteiger partial charge in [0.15, 0.2) is 0 Å². The highest BCUT2D eigenvalue weighted by Crippen LogP contribution is 2.73. The van der Waals surface area contributed by atoms with Gasteiger partial charge >= 0.3 is 0 Å². The number of nitrogens with zero attached hydrogens (tertiary/aromatic N) is 3. The normalized spacial score (nSPS) is 27.9. The average Bonchev–Trinajstić information content (AvgIpc) is 3.18. The Morgan fingerprint density at radius 3 is 2.31 bits per heavy atom. The summed E-state index contributed by atoms with van der Waals surface area (Å²) in [6.45, 7) is 6.68. The van der Waals surface area contributed by atoms with Gasteiger partial charge in [0.2, 0.25) is 0 Å². The fraction of sp³-hybridized carbons (Fsp3) is 0.367. The number of hydrogen-bond acceptors (Lipinski definition) is 5. The van der Waals surface area contributed by atoms with Crippen molar-refractivity contribution in [2.75, 3.05) is 23.9 Å². The molecule has 0 spiro atoms. The molecule has 0 aliphatic carbocycles. The summed E-state index contributed by atoms with van der Waals surface area (Å²) in [5.74, 6) is 0.473. The van der Waals surface area contributed by atoms with Gasteiger partial charge in [0.25, 0.3) is 0 Å². The van der Waals surface area contributed by atoms with Crippen LogP contribution in [-0.4, -0.2) is 28.9 Å². The van der Waals surface area contributed by atoms with Gasteiger partial charge in [-0.15, -0.1) is 0 Å². The lowest BCUT2D eigenvalue weighted by atomic mass is 9.73. The smallest absolute Gasteiger partial charge is 0.145 e. The molecule has 180 valence electrons. The van der Waals surface area contributed by atoms with Crippen molar-refractivity contribution in [3.8, 4) is 0 Å². The largest absolute Gasteiger partial charge is 0.378 e. The van der Waals surface area contributed by atoms with E-state index in [0.29, 0.717) is 5.92 Å². The maximum Gasteiger partial charge on any atom is 0.145 e. The molecule has 0 aromatic heterocycles. The summed E-state index contributed by atoms with van der Waals surface area (Å²) in [4.78, 5) is 11.7. The van der Waals surface area contributed by atoms with Crippen molar-refractivity contribution in [1.82, 2.24) is 0 Å². The van der Waals surface area contributed by atoms with Gasteiger partial charge in [0.1, 0.15) is 14.8 Å². The Hall–Kier alpha value is -2.37. The van der Waals surface area contributed by atoms with E-state index in [2.05, 4.69) is 124 Å². The summed E-state index contributed by atoms with van der Waals surface area (Å²) in [5.41, 5.74) is 5.05. The Kier molecular flexibility index (Phi) is 5.32. The highest BCUT2D eigenvalue weighted by molar-refractivity contribution is 8.26. The molecule has 4 bridgehead atoms. The van der Waals surface area contributed by atoms with E-state index >= 15 is 0 Å². The predicted molar refractivity (Wildman–Crippen MR) is 153 cm³/mol. The minimum absolute atomic E-state index is 0.122. The van der Waals surface area contributed by atoms with E-state index in [0.717, 1.165) is 12.8 Å². The van der Waals surface area contributed by atoms with Crippen LogP contribution >= 0.6 is 23.5 Å². The molecule has 3 atom stereocenters. The number of aliphatic imine (C=N–C) groups is 1. The number of fused-ring (bicyclic) bond motifs is 1. The van der Waals surface area contributed by atoms with Crippen LogP contribution in [0.25, 0.3) is 0 Å². The van der Waals surface area contributed by atoms with Gasteiger partial charge in [-0.25, -0.2) is 0 Å². The van der Waals surface area contributed by atoms with Crippen LogP contribution in [-0.2, 0) is 12.0 Å². The third-order valence-corrected chi connectivity index (χ3v) is 10.3. The minimum atomic E-state index is -0.237. The number of thioether (sulfide) groups is 2. The van der Waals surface area contributed by atoms with Gasteiger partial charge in [-0.2, -0.15) is 0 Å². The van der Waals surface area contributed by atoms with Crippen LogP contribution in [0.15, 0.2) is 88.8 Å². The third kappa shape index (κ3) is 3.54. The summed E-state index contributed by atoms with van der Waals surface area (Å²) < 4.78 is -0.122. The molecule has 3 aromatic carbocycles. The topological polar surface area (TPSA) is 18.8 Å². The Labute approximate surface area is 218 Å². The van der Waals surface area contributed by atoms with E-state index in [1.165, 1.54) is 32.4 Å². The zero-order chi connectivity index (χ0) is 24.4. The second kappa shape index (κ2) is 8.07. The zero-order valence-electron chi connectivity index (χ0n) is 21.2. The lowest BCUT2D eigenvalue weighted by Gasteiger charge is -2.46. The third-order valence-electron chi connectivity index (χ3n) is 7.35. The first kappa shape index (κ1) is 23.1. The van der Waals surface area contributed by atoms with E-state index in [9.17, 15) is 0 Å². The number of rotatable bonds is 4. The summed E-state index contributed by atoms with van der Waals surface area (Å²) in [7, 11) is 4.22. The Morgan fingerprint density at radius 2 is 1.63 bits per heavy atom. The van der Waals surface area contributed by atoms with Crippen molar-refractivity contribution in [3.63, 3.8) is 0 Å². The highest BCUT2D eigenvalue weighted by atomic mass is 32.2. The van der Waals surface area contributed by atoms with Crippen LogP contribution in [0.1, 0.15) is 38.3 Å². The maximum atomic E-state index is 5.45. The van der Waals surface area contributed by atoms with Crippen LogP contribution in [0.3, 0.4) is 0 Å². The average molecular weight is 500 g/mol. The van der Waals surface area contributed by atoms with E-state index in [1.807, 2.05) is 23.5 Å². The van der Waals surface area contributed by atoms with Crippen molar-refractivity contribution in [2.45, 2.75) is 53.8 Å². The van der Waals surface area contributed by atoms with Gasteiger partial charge in [0.05, 0.1) is 5.54 Å². The fourth-order valence-corrected chi connectivity index (χ4v) is 9.79. The standard InChI is InChI=1S/C30H33N3S2/c1-28(2,3)31-27-30(22-15-17-24(18-16-22)32(4)5)23-19-21-11-9-10-14-26(21)33(30)29(20-23,35-27)34-25-12-7-6-8-13-25/h6-18,23H,19-20H2,1-5H3/t23-,29-,30-/m0/s1. The zero-order valence-corrected chi connectivity index (χ0v) is 22.8. The molecule has 0 amide bonds. The summed E-state index contributed by atoms with van der Waals surface area (Å²) in [6, 6.07) is 29.2. The first-order valence-electron chi connectivity index (χ1n) is 12.4. The molecule has 0 N–H and O–H groups in total. The van der Waals surface area contributed by atoms with Crippen LogP contribution < -0.4 is 9.80 Å². The number of hydrogen-bond donors (Lipinski definition) is 0. The molecule has 6 rings (SSSR count). The molecule has 0 radical (unpaired) electrons. The monoisotopic (exact) mass is 499 g/mol. The molecule has 3 aliphatic rings. The van der Waals surface area contributed by atoms with E-state index in [-0.39, 0.29) is 15.3 Å². The van der Waals surface area contributed by atoms with Crippen molar-refractivity contribution >= 4 is 39.9 Å². The molecule has 3 aliphatic heterocycles. The van der Waals surface area contributed by atoms with Crippen LogP contribution in [0, 0.1) is 5.92 Å². The van der Waals surface area contributed by atoms with Gasteiger partial charge in [0, 0.05) is 36.3 Å². The highest BCUT2D eigenvalue weighted by Gasteiger charge is 2.72. The summed E-state index contributed by atoms with van der Waals surface area (Å²) in [5, 5.41) is 1.27. The number of benzene rings is 3. The van der Waals surface area contributed by atoms with E-state index in [1.54, 1.807) is 0 Å². The molecule has 3 aromatic rings. The molecule has 0 saturated carbocycles. The maximum absolute atomic E-state index is 5.45. The molecule has 0 unspecified atom stereocenters. The van der Waals surface area contributed by atoms with Crippen LogP contribution in [0.5, 0.6) is 0 Å².